The summed E-state index contributed by atoms with van der Waals surface area (Å²) >= 11 is 2.50. The molecule has 0 unspecified atom stereocenters. The van der Waals surface area contributed by atoms with Crippen molar-refractivity contribution in [2.24, 2.45) is 0 Å². The highest BCUT2D eigenvalue weighted by atomic mass is 32.2. The van der Waals surface area contributed by atoms with Gasteiger partial charge in [0.1, 0.15) is 29.3 Å². The van der Waals surface area contributed by atoms with Crippen molar-refractivity contribution < 1.29 is 62.2 Å². The predicted molar refractivity (Wildman–Crippen MR) is 299 cm³/mol. The number of nitrogens with one attached hydrogen (secondary N) is 1. The van der Waals surface area contributed by atoms with Crippen LogP contribution in [0.2, 0.25) is 0 Å². The van der Waals surface area contributed by atoms with Crippen molar-refractivity contribution in [3.63, 3.8) is 0 Å². The van der Waals surface area contributed by atoms with Gasteiger partial charge in [0.05, 0.1) is 42.3 Å². The molecule has 0 saturated carbocycles. The van der Waals surface area contributed by atoms with Crippen LogP contribution >= 0.6 is 22.7 Å². The van der Waals surface area contributed by atoms with E-state index in [4.69, 9.17) is 14.2 Å². The summed E-state index contributed by atoms with van der Waals surface area (Å²) in [5, 5.41) is 11.1. The van der Waals surface area contributed by atoms with Gasteiger partial charge >= 0.3 is 18.4 Å². The fourth-order valence-electron chi connectivity index (χ4n) is 8.96. The highest BCUT2D eigenvalue weighted by Gasteiger charge is 2.37. The Bertz CT molecular complexity index is 3780. The summed E-state index contributed by atoms with van der Waals surface area (Å²) in [7, 11) is -6.83. The van der Waals surface area contributed by atoms with Crippen molar-refractivity contribution in [2.75, 3.05) is 38.7 Å². The van der Waals surface area contributed by atoms with E-state index < -0.39 is 49.0 Å². The van der Waals surface area contributed by atoms with Crippen LogP contribution in [0.25, 0.3) is 53.4 Å². The minimum atomic E-state index is -4.67. The molecule has 6 heterocycles. The number of alkyl halides is 6. The number of ether oxygens (including phenoxy) is 3. The Morgan fingerprint density at radius 1 is 0.556 bits per heavy atom. The van der Waals surface area contributed by atoms with Crippen molar-refractivity contribution in [2.45, 2.75) is 86.4 Å². The number of nitrogens with zero attached hydrogens (tertiary/aromatic N) is 5. The number of likely N-dealkylation sites (tertiary alicyclic amines) is 1. The van der Waals surface area contributed by atoms with Gasteiger partial charge in [-0.1, -0.05) is 36.4 Å². The van der Waals surface area contributed by atoms with E-state index in [0.29, 0.717) is 74.6 Å². The summed E-state index contributed by atoms with van der Waals surface area (Å²) in [5.41, 5.74) is 0.0224. The van der Waals surface area contributed by atoms with Gasteiger partial charge in [0.25, 0.3) is 0 Å². The van der Waals surface area contributed by atoms with Crippen molar-refractivity contribution in [3.05, 3.63) is 145 Å². The van der Waals surface area contributed by atoms with Crippen LogP contribution in [0.4, 0.5) is 31.1 Å². The van der Waals surface area contributed by atoms with Gasteiger partial charge in [-0.05, 0) is 143 Å². The maximum Gasteiger partial charge on any atom is 0.435 e. The molecule has 10 rings (SSSR count). The summed E-state index contributed by atoms with van der Waals surface area (Å²) in [6.07, 6.45) is -4.68. The fraction of sp³-hybridized carbons (Fsp3) is 0.316. The van der Waals surface area contributed by atoms with Gasteiger partial charge in [-0.2, -0.15) is 36.5 Å². The number of hydrogen-bond donors (Lipinski definition) is 1. The summed E-state index contributed by atoms with van der Waals surface area (Å²) in [6, 6.07) is 35.5. The van der Waals surface area contributed by atoms with Gasteiger partial charge in [-0.15, -0.1) is 22.7 Å². The molecule has 2 saturated heterocycles. The molecule has 14 nitrogen and oxygen atoms in total. The number of piperidine rings is 2. The molecule has 2 fully saturated rings. The monoisotopic (exact) mass is 1190 g/mol. The molecule has 1 N–H and O–H groups in total. The van der Waals surface area contributed by atoms with Crippen LogP contribution < -0.4 is 14.8 Å². The van der Waals surface area contributed by atoms with Crippen molar-refractivity contribution in [1.29, 1.82) is 0 Å². The Labute approximate surface area is 472 Å². The molecule has 8 aromatic rings. The van der Waals surface area contributed by atoms with Crippen molar-refractivity contribution in [3.8, 4) is 64.9 Å². The van der Waals surface area contributed by atoms with Crippen LogP contribution in [0.5, 0.6) is 11.5 Å². The smallest absolute Gasteiger partial charge is 0.435 e. The standard InChI is InChI=1S/C31H32F3N3O5S2.C26H24F3N3O3S2/c1-30(2,3)42-29(38)36-15-13-22(14-16-36)41-23-9-6-8-21(18-23)37-25(19-28(35-37)31(32,33)34)27-12-11-26(43-27)20-7-5-10-24(17-20)44(4,39)40;1-37(33,34)21-7-2-4-17(14-21)23-8-9-24(36-23)22-16-25(26(27,28)29)31-32(22)18-5-3-6-20(15-18)35-19-10-12-30-13-11-19/h5-12,17-19,22H,13-16H2,1-4H3;2-9,14-16,19,30H,10-13H2,1H3. The Morgan fingerprint density at radius 2 is 0.963 bits per heavy atom. The quantitative estimate of drug-likeness (QED) is 0.116. The number of amides is 1. The molecular weight excluding hydrogens is 1140 g/mol. The first kappa shape index (κ1) is 58.7. The molecule has 0 spiro atoms. The number of hydrogen-bond acceptors (Lipinski definition) is 13. The first-order valence-corrected chi connectivity index (χ1v) is 30.9. The molecule has 0 atom stereocenters. The maximum atomic E-state index is 13.8. The number of sulfone groups is 2. The van der Waals surface area contributed by atoms with E-state index >= 15 is 0 Å². The van der Waals surface area contributed by atoms with Crippen LogP contribution in [-0.2, 0) is 36.8 Å². The maximum absolute atomic E-state index is 13.8. The largest absolute Gasteiger partial charge is 0.490 e. The number of rotatable bonds is 12. The molecule has 24 heteroatoms. The second kappa shape index (κ2) is 23.5. The zero-order valence-electron chi connectivity index (χ0n) is 44.4. The van der Waals surface area contributed by atoms with Gasteiger partial charge in [0, 0.05) is 60.3 Å². The Balaban J connectivity index is 0.000000198. The second-order valence-corrected chi connectivity index (χ2v) is 26.6. The number of carbonyl (C=O) groups is 1. The molecule has 2 aliphatic rings. The van der Waals surface area contributed by atoms with E-state index in [-0.39, 0.29) is 39.5 Å². The molecule has 4 aromatic carbocycles. The average molecular weight is 1200 g/mol. The molecule has 2 aliphatic heterocycles. The van der Waals surface area contributed by atoms with E-state index in [9.17, 15) is 48.0 Å². The molecule has 428 valence electrons. The van der Waals surface area contributed by atoms with Gasteiger partial charge in [0.2, 0.25) is 0 Å². The zero-order valence-corrected chi connectivity index (χ0v) is 47.7. The number of halogens is 6. The lowest BCUT2D eigenvalue weighted by Gasteiger charge is -2.33. The SMILES string of the molecule is CC(C)(C)OC(=O)N1CCC(Oc2cccc(-n3nc(C(F)(F)F)cc3-c3ccc(-c4cccc(S(C)(=O)=O)c4)s3)c2)CC1.CS(=O)(=O)c1cccc(-c2ccc(-c3cc(C(F)(F)F)nn3-c3cccc(OC4CCNCC4)c3)s2)c1. The van der Waals surface area contributed by atoms with Gasteiger partial charge in [-0.25, -0.2) is 31.0 Å². The molecule has 0 bridgehead atoms. The van der Waals surface area contributed by atoms with Crippen molar-refractivity contribution >= 4 is 48.4 Å². The van der Waals surface area contributed by atoms with E-state index in [1.54, 1.807) is 114 Å². The van der Waals surface area contributed by atoms with Crippen LogP contribution in [0.15, 0.2) is 143 Å². The van der Waals surface area contributed by atoms with Crippen LogP contribution in [-0.4, -0.2) is 104 Å². The minimum Gasteiger partial charge on any atom is -0.490 e. The first-order chi connectivity index (χ1) is 38.1. The summed E-state index contributed by atoms with van der Waals surface area (Å²) in [5.74, 6) is 1.04. The Kier molecular flexibility index (Phi) is 17.0. The summed E-state index contributed by atoms with van der Waals surface area (Å²) in [4.78, 5) is 16.9. The lowest BCUT2D eigenvalue weighted by molar-refractivity contribution is -0.142. The molecule has 1 amide bonds. The third-order valence-corrected chi connectivity index (χ3v) is 17.5. The average Bonchev–Trinajstić information content (AvgIpc) is 4.25. The van der Waals surface area contributed by atoms with E-state index in [1.807, 2.05) is 20.8 Å². The summed E-state index contributed by atoms with van der Waals surface area (Å²) < 4.78 is 151. The Hall–Kier alpha value is -6.99. The second-order valence-electron chi connectivity index (χ2n) is 20.4. The lowest BCUT2D eigenvalue weighted by atomic mass is 10.1. The van der Waals surface area contributed by atoms with Gasteiger partial charge in [-0.3, -0.25) is 0 Å². The highest BCUT2D eigenvalue weighted by molar-refractivity contribution is 7.91. The van der Waals surface area contributed by atoms with Crippen LogP contribution in [0.3, 0.4) is 0 Å². The van der Waals surface area contributed by atoms with E-state index in [0.717, 1.165) is 55.5 Å². The number of aromatic nitrogens is 4. The molecule has 0 aliphatic carbocycles. The summed E-state index contributed by atoms with van der Waals surface area (Å²) in [6.45, 7) is 8.08. The Morgan fingerprint density at radius 3 is 1.37 bits per heavy atom. The predicted octanol–water partition coefficient (Wildman–Crippen LogP) is 13.3. The fourth-order valence-corrected chi connectivity index (χ4v) is 12.3. The highest BCUT2D eigenvalue weighted by Crippen LogP contribution is 2.42. The topological polar surface area (TPSA) is 164 Å². The normalized spacial score (nSPS) is 15.0. The third-order valence-electron chi connectivity index (χ3n) is 12.9. The number of thiophene rings is 2. The molecule has 4 aromatic heterocycles. The van der Waals surface area contributed by atoms with Gasteiger partial charge in [0.15, 0.2) is 31.1 Å². The van der Waals surface area contributed by atoms with Crippen LogP contribution in [0, 0.1) is 0 Å². The lowest BCUT2D eigenvalue weighted by Crippen LogP contribution is -2.44. The number of benzene rings is 4. The van der Waals surface area contributed by atoms with Gasteiger partial charge < -0.3 is 24.4 Å². The molecular formula is C57H56F6N6O8S4. The molecule has 0 radical (unpaired) electrons. The first-order valence-electron chi connectivity index (χ1n) is 25.5. The minimum absolute atomic E-state index is 0.0434. The zero-order chi connectivity index (χ0) is 58.1. The van der Waals surface area contributed by atoms with Crippen molar-refractivity contribution in [1.82, 2.24) is 29.8 Å². The van der Waals surface area contributed by atoms with E-state index in [2.05, 4.69) is 15.5 Å². The number of carbonyl (C=O) groups excluding carboxylic acids is 1. The third kappa shape index (κ3) is 14.7. The van der Waals surface area contributed by atoms with Crippen LogP contribution in [0.1, 0.15) is 57.8 Å². The van der Waals surface area contributed by atoms with E-state index in [1.165, 1.54) is 44.2 Å². The molecule has 81 heavy (non-hydrogen) atoms.